The Morgan fingerprint density at radius 1 is 1.38 bits per heavy atom. The third-order valence-electron chi connectivity index (χ3n) is 2.75. The summed E-state index contributed by atoms with van der Waals surface area (Å²) in [5.74, 6) is -0.0385. The van der Waals surface area contributed by atoms with E-state index in [1.807, 2.05) is 0 Å². The number of ether oxygens (including phenoxy) is 2. The number of rotatable bonds is 2. The molecule has 2 aliphatic rings. The minimum atomic E-state index is -0.416. The lowest BCUT2D eigenvalue weighted by Crippen LogP contribution is -2.51. The summed E-state index contributed by atoms with van der Waals surface area (Å²) in [6.07, 6.45) is 1.75. The summed E-state index contributed by atoms with van der Waals surface area (Å²) in [4.78, 5) is 11.7. The van der Waals surface area contributed by atoms with Crippen LogP contribution in [0.2, 0.25) is 0 Å². The Labute approximate surface area is 102 Å². The number of hydrogen-bond acceptors (Lipinski definition) is 4. The topological polar surface area (TPSA) is 59.6 Å². The highest BCUT2D eigenvalue weighted by atomic mass is 35.5. The highest BCUT2D eigenvalue weighted by molar-refractivity contribution is 5.85. The number of carbonyl (C=O) groups excluding carboxylic acids is 1. The Hall–Kier alpha value is -0.360. The Kier molecular flexibility index (Phi) is 6.05. The van der Waals surface area contributed by atoms with Gasteiger partial charge in [-0.1, -0.05) is 0 Å². The molecule has 1 amide bonds. The van der Waals surface area contributed by atoms with Crippen LogP contribution in [0.4, 0.5) is 0 Å². The number of halogens is 1. The lowest BCUT2D eigenvalue weighted by atomic mass is 10.1. The first-order chi connectivity index (χ1) is 7.36. The molecular weight excluding hydrogens is 232 g/mol. The SMILES string of the molecule is Cl.O=C(N[C@@H]1CCCNC1)C1COCCO1. The molecule has 0 saturated carbocycles. The zero-order valence-corrected chi connectivity index (χ0v) is 10.1. The van der Waals surface area contributed by atoms with Crippen molar-refractivity contribution >= 4 is 18.3 Å². The van der Waals surface area contributed by atoms with Crippen LogP contribution in [0, 0.1) is 0 Å². The van der Waals surface area contributed by atoms with Gasteiger partial charge in [0.05, 0.1) is 19.8 Å². The molecule has 6 heteroatoms. The van der Waals surface area contributed by atoms with E-state index in [0.29, 0.717) is 19.8 Å². The summed E-state index contributed by atoms with van der Waals surface area (Å²) >= 11 is 0. The molecule has 2 fully saturated rings. The van der Waals surface area contributed by atoms with Crippen LogP contribution < -0.4 is 10.6 Å². The Balaban J connectivity index is 0.00000128. The molecule has 2 N–H and O–H groups in total. The van der Waals surface area contributed by atoms with Gasteiger partial charge in [-0.05, 0) is 19.4 Å². The van der Waals surface area contributed by atoms with Gasteiger partial charge in [0.25, 0.3) is 5.91 Å². The average Bonchev–Trinajstić information content (AvgIpc) is 2.31. The fourth-order valence-electron chi connectivity index (χ4n) is 1.91. The first-order valence-electron chi connectivity index (χ1n) is 5.57. The molecule has 16 heavy (non-hydrogen) atoms. The molecule has 1 unspecified atom stereocenters. The standard InChI is InChI=1S/C10H18N2O3.ClH/c13-10(9-7-14-4-5-15-9)12-8-2-1-3-11-6-8;/h8-9,11H,1-7H2,(H,12,13);1H/t8-,9?;/m1./s1. The predicted molar refractivity (Wildman–Crippen MR) is 61.8 cm³/mol. The smallest absolute Gasteiger partial charge is 0.251 e. The Bertz CT molecular complexity index is 216. The molecular formula is C10H19ClN2O3. The van der Waals surface area contributed by atoms with Gasteiger partial charge in [-0.2, -0.15) is 0 Å². The van der Waals surface area contributed by atoms with E-state index in [-0.39, 0.29) is 24.4 Å². The molecule has 0 aromatic rings. The third-order valence-corrected chi connectivity index (χ3v) is 2.75. The number of hydrogen-bond donors (Lipinski definition) is 2. The minimum Gasteiger partial charge on any atom is -0.376 e. The van der Waals surface area contributed by atoms with E-state index >= 15 is 0 Å². The Morgan fingerprint density at radius 3 is 2.88 bits per heavy atom. The fourth-order valence-corrected chi connectivity index (χ4v) is 1.91. The van der Waals surface area contributed by atoms with Gasteiger partial charge in [0.1, 0.15) is 0 Å². The Morgan fingerprint density at radius 2 is 2.25 bits per heavy atom. The van der Waals surface area contributed by atoms with Gasteiger partial charge in [0.2, 0.25) is 0 Å². The van der Waals surface area contributed by atoms with E-state index in [1.165, 1.54) is 0 Å². The van der Waals surface area contributed by atoms with Crippen LogP contribution in [0.5, 0.6) is 0 Å². The molecule has 94 valence electrons. The molecule has 2 saturated heterocycles. The van der Waals surface area contributed by atoms with Crippen molar-refractivity contribution in [2.24, 2.45) is 0 Å². The highest BCUT2D eigenvalue weighted by Crippen LogP contribution is 2.04. The van der Waals surface area contributed by atoms with Gasteiger partial charge in [0.15, 0.2) is 6.10 Å². The lowest BCUT2D eigenvalue weighted by molar-refractivity contribution is -0.148. The number of nitrogens with one attached hydrogen (secondary N) is 2. The van der Waals surface area contributed by atoms with E-state index in [1.54, 1.807) is 0 Å². The molecule has 0 bridgehead atoms. The quantitative estimate of drug-likeness (QED) is 0.706. The molecule has 0 spiro atoms. The third kappa shape index (κ3) is 3.90. The monoisotopic (exact) mass is 250 g/mol. The van der Waals surface area contributed by atoms with E-state index in [0.717, 1.165) is 25.9 Å². The highest BCUT2D eigenvalue weighted by Gasteiger charge is 2.25. The number of amides is 1. The fraction of sp³-hybridized carbons (Fsp3) is 0.900. The molecule has 2 heterocycles. The molecule has 2 atom stereocenters. The van der Waals surface area contributed by atoms with Crippen molar-refractivity contribution in [2.45, 2.75) is 25.0 Å². The number of piperidine rings is 1. The van der Waals surface area contributed by atoms with E-state index < -0.39 is 6.10 Å². The van der Waals surface area contributed by atoms with Gasteiger partial charge in [-0.25, -0.2) is 0 Å². The van der Waals surface area contributed by atoms with Crippen molar-refractivity contribution in [3.8, 4) is 0 Å². The second kappa shape index (κ2) is 7.06. The minimum absolute atomic E-state index is 0. The van der Waals surface area contributed by atoms with Crippen LogP contribution in [0.3, 0.4) is 0 Å². The molecule has 0 aromatic carbocycles. The molecule has 0 radical (unpaired) electrons. The van der Waals surface area contributed by atoms with Gasteiger partial charge in [0, 0.05) is 12.6 Å². The van der Waals surface area contributed by atoms with E-state index in [4.69, 9.17) is 9.47 Å². The van der Waals surface area contributed by atoms with Gasteiger partial charge in [-0.15, -0.1) is 12.4 Å². The van der Waals surface area contributed by atoms with Gasteiger partial charge < -0.3 is 20.1 Å². The number of carbonyl (C=O) groups is 1. The van der Waals surface area contributed by atoms with Gasteiger partial charge >= 0.3 is 0 Å². The average molecular weight is 251 g/mol. The summed E-state index contributed by atoms with van der Waals surface area (Å²) in [7, 11) is 0. The molecule has 0 aliphatic carbocycles. The van der Waals surface area contributed by atoms with Crippen molar-refractivity contribution in [3.63, 3.8) is 0 Å². The second-order valence-corrected chi connectivity index (χ2v) is 3.99. The van der Waals surface area contributed by atoms with Crippen molar-refractivity contribution in [2.75, 3.05) is 32.9 Å². The maximum absolute atomic E-state index is 11.7. The normalized spacial score (nSPS) is 30.2. The summed E-state index contributed by atoms with van der Waals surface area (Å²) in [5.41, 5.74) is 0. The van der Waals surface area contributed by atoms with Crippen LogP contribution in [0.1, 0.15) is 12.8 Å². The van der Waals surface area contributed by atoms with Gasteiger partial charge in [-0.3, -0.25) is 4.79 Å². The predicted octanol–water partition coefficient (Wildman–Crippen LogP) is -0.308. The molecule has 5 nitrogen and oxygen atoms in total. The van der Waals surface area contributed by atoms with Crippen LogP contribution in [-0.4, -0.2) is 51.0 Å². The maximum Gasteiger partial charge on any atom is 0.251 e. The summed E-state index contributed by atoms with van der Waals surface area (Å²) in [6, 6.07) is 0.247. The summed E-state index contributed by atoms with van der Waals surface area (Å²) in [5, 5.41) is 6.24. The van der Waals surface area contributed by atoms with Crippen molar-refractivity contribution in [3.05, 3.63) is 0 Å². The van der Waals surface area contributed by atoms with Crippen LogP contribution in [0.15, 0.2) is 0 Å². The summed E-state index contributed by atoms with van der Waals surface area (Å²) < 4.78 is 10.5. The first kappa shape index (κ1) is 13.7. The molecule has 0 aromatic heterocycles. The summed E-state index contributed by atoms with van der Waals surface area (Å²) in [6.45, 7) is 3.40. The van der Waals surface area contributed by atoms with E-state index in [9.17, 15) is 4.79 Å². The van der Waals surface area contributed by atoms with Crippen molar-refractivity contribution < 1.29 is 14.3 Å². The zero-order chi connectivity index (χ0) is 10.5. The second-order valence-electron chi connectivity index (χ2n) is 3.99. The molecule has 2 rings (SSSR count). The van der Waals surface area contributed by atoms with Crippen LogP contribution in [0.25, 0.3) is 0 Å². The molecule has 2 aliphatic heterocycles. The largest absolute Gasteiger partial charge is 0.376 e. The zero-order valence-electron chi connectivity index (χ0n) is 9.24. The van der Waals surface area contributed by atoms with Crippen LogP contribution >= 0.6 is 12.4 Å². The van der Waals surface area contributed by atoms with Crippen molar-refractivity contribution in [1.82, 2.24) is 10.6 Å². The van der Waals surface area contributed by atoms with Crippen molar-refractivity contribution in [1.29, 1.82) is 0 Å². The van der Waals surface area contributed by atoms with E-state index in [2.05, 4.69) is 10.6 Å². The lowest BCUT2D eigenvalue weighted by Gasteiger charge is -2.27. The first-order valence-corrected chi connectivity index (χ1v) is 5.57. The van der Waals surface area contributed by atoms with Crippen LogP contribution in [-0.2, 0) is 14.3 Å². The maximum atomic E-state index is 11.7.